The number of H-pyrrole nitrogens is 1. The van der Waals surface area contributed by atoms with Crippen LogP contribution in [0.1, 0.15) is 4.88 Å². The lowest BCUT2D eigenvalue weighted by atomic mass is 10.4. The molecule has 0 aliphatic rings. The number of fused-ring (bicyclic) bond motifs is 3. The molecule has 0 aromatic carbocycles. The Kier molecular flexibility index (Phi) is 1.84. The summed E-state index contributed by atoms with van der Waals surface area (Å²) in [6.07, 6.45) is 3.61. The van der Waals surface area contributed by atoms with Gasteiger partial charge in [-0.05, 0) is 25.1 Å². The molecule has 4 heterocycles. The van der Waals surface area contributed by atoms with Crippen LogP contribution in [-0.2, 0) is 0 Å². The molecule has 6 heteroatoms. The van der Waals surface area contributed by atoms with Crippen LogP contribution in [0.15, 0.2) is 30.6 Å². The second-order valence-corrected chi connectivity index (χ2v) is 5.39. The first-order valence-electron chi connectivity index (χ1n) is 5.57. The Morgan fingerprint density at radius 2 is 2.17 bits per heavy atom. The molecule has 88 valence electrons. The number of hydrogen-bond acceptors (Lipinski definition) is 4. The van der Waals surface area contributed by atoms with Crippen molar-refractivity contribution in [2.24, 2.45) is 0 Å². The molecule has 0 saturated carbocycles. The van der Waals surface area contributed by atoms with Crippen LogP contribution in [0.5, 0.6) is 0 Å². The Hall–Kier alpha value is -2.21. The fraction of sp³-hybridized carbons (Fsp3) is 0.0833. The summed E-state index contributed by atoms with van der Waals surface area (Å²) in [5, 5.41) is 8.46. The molecule has 18 heavy (non-hydrogen) atoms. The van der Waals surface area contributed by atoms with Crippen molar-refractivity contribution >= 4 is 28.1 Å². The highest BCUT2D eigenvalue weighted by Gasteiger charge is 2.13. The molecular formula is C12H9N5S. The van der Waals surface area contributed by atoms with E-state index in [-0.39, 0.29) is 0 Å². The molecule has 4 aromatic rings. The molecule has 0 amide bonds. The van der Waals surface area contributed by atoms with Crippen LogP contribution in [0.2, 0.25) is 0 Å². The van der Waals surface area contributed by atoms with Gasteiger partial charge in [-0.15, -0.1) is 21.5 Å². The molecule has 4 rings (SSSR count). The first-order valence-corrected chi connectivity index (χ1v) is 6.38. The zero-order chi connectivity index (χ0) is 12.1. The molecule has 1 N–H and O–H groups in total. The van der Waals surface area contributed by atoms with E-state index in [4.69, 9.17) is 0 Å². The van der Waals surface area contributed by atoms with Gasteiger partial charge < -0.3 is 4.98 Å². The quantitative estimate of drug-likeness (QED) is 0.569. The van der Waals surface area contributed by atoms with Crippen LogP contribution in [-0.4, -0.2) is 24.6 Å². The summed E-state index contributed by atoms with van der Waals surface area (Å²) >= 11 is 1.72. The minimum atomic E-state index is 0.767. The third kappa shape index (κ3) is 1.23. The van der Waals surface area contributed by atoms with E-state index >= 15 is 0 Å². The number of thiophene rings is 1. The Morgan fingerprint density at radius 3 is 3.00 bits per heavy atom. The van der Waals surface area contributed by atoms with Gasteiger partial charge in [0, 0.05) is 11.1 Å². The van der Waals surface area contributed by atoms with Gasteiger partial charge in [0.2, 0.25) is 0 Å². The number of rotatable bonds is 1. The highest BCUT2D eigenvalue weighted by atomic mass is 32.1. The summed E-state index contributed by atoms with van der Waals surface area (Å²) in [5.41, 5.74) is 2.61. The fourth-order valence-electron chi connectivity index (χ4n) is 2.09. The fourth-order valence-corrected chi connectivity index (χ4v) is 2.93. The second-order valence-electron chi connectivity index (χ2n) is 4.10. The normalized spacial score (nSPS) is 11.6. The number of hydrogen-bond donors (Lipinski definition) is 1. The molecule has 0 bridgehead atoms. The van der Waals surface area contributed by atoms with Crippen molar-refractivity contribution in [2.45, 2.75) is 6.92 Å². The van der Waals surface area contributed by atoms with E-state index in [2.05, 4.69) is 39.2 Å². The zero-order valence-corrected chi connectivity index (χ0v) is 10.4. The van der Waals surface area contributed by atoms with Crippen molar-refractivity contribution < 1.29 is 0 Å². The average molecular weight is 255 g/mol. The summed E-state index contributed by atoms with van der Waals surface area (Å²) in [5.74, 6) is 0.870. The lowest BCUT2D eigenvalue weighted by molar-refractivity contribution is 1.12. The van der Waals surface area contributed by atoms with Gasteiger partial charge in [0.15, 0.2) is 17.1 Å². The van der Waals surface area contributed by atoms with E-state index in [9.17, 15) is 0 Å². The van der Waals surface area contributed by atoms with Gasteiger partial charge >= 0.3 is 0 Å². The second kappa shape index (κ2) is 3.39. The molecular weight excluding hydrogens is 246 g/mol. The van der Waals surface area contributed by atoms with Gasteiger partial charge in [0.25, 0.3) is 0 Å². The van der Waals surface area contributed by atoms with Crippen LogP contribution in [0.4, 0.5) is 0 Å². The minimum absolute atomic E-state index is 0.767. The van der Waals surface area contributed by atoms with Crippen LogP contribution in [0.3, 0.4) is 0 Å². The third-order valence-corrected chi connectivity index (χ3v) is 3.90. The number of aromatic nitrogens is 5. The average Bonchev–Trinajstić information content (AvgIpc) is 3.03. The standard InChI is InChI=1S/C12H9N5S/c1-7-2-3-9(18-7)12-16-15-10-6-14-11-8(17(10)12)4-5-13-11/h2-6,13H,1H3. The highest BCUT2D eigenvalue weighted by molar-refractivity contribution is 7.15. The van der Waals surface area contributed by atoms with E-state index in [1.54, 1.807) is 17.5 Å². The SMILES string of the molecule is Cc1ccc(-c2nnc3cnc4[nH]ccc4n23)s1. The lowest BCUT2D eigenvalue weighted by Gasteiger charge is -1.98. The van der Waals surface area contributed by atoms with Gasteiger partial charge in [-0.3, -0.25) is 4.40 Å². The minimum Gasteiger partial charge on any atom is -0.345 e. The summed E-state index contributed by atoms with van der Waals surface area (Å²) in [4.78, 5) is 9.79. The molecule has 0 aliphatic carbocycles. The summed E-state index contributed by atoms with van der Waals surface area (Å²) in [6.45, 7) is 2.09. The molecule has 0 fully saturated rings. The topological polar surface area (TPSA) is 58.9 Å². The first-order chi connectivity index (χ1) is 8.83. The van der Waals surface area contributed by atoms with Crippen molar-refractivity contribution in [3.63, 3.8) is 0 Å². The van der Waals surface area contributed by atoms with Crippen molar-refractivity contribution in [3.8, 4) is 10.7 Å². The first kappa shape index (κ1) is 9.78. The molecule has 0 unspecified atom stereocenters. The van der Waals surface area contributed by atoms with E-state index in [1.165, 1.54) is 4.88 Å². The number of nitrogens with zero attached hydrogens (tertiary/aromatic N) is 4. The molecule has 0 saturated heterocycles. The van der Waals surface area contributed by atoms with Gasteiger partial charge in [0.1, 0.15) is 0 Å². The van der Waals surface area contributed by atoms with Crippen LogP contribution >= 0.6 is 11.3 Å². The number of aromatic amines is 1. The number of aryl methyl sites for hydroxylation is 1. The van der Waals surface area contributed by atoms with Crippen molar-refractivity contribution in [3.05, 3.63) is 35.5 Å². The zero-order valence-electron chi connectivity index (χ0n) is 9.58. The van der Waals surface area contributed by atoms with Crippen LogP contribution in [0.25, 0.3) is 27.5 Å². The highest BCUT2D eigenvalue weighted by Crippen LogP contribution is 2.28. The third-order valence-electron chi connectivity index (χ3n) is 2.90. The summed E-state index contributed by atoms with van der Waals surface area (Å²) in [6, 6.07) is 6.16. The lowest BCUT2D eigenvalue weighted by Crippen LogP contribution is -1.91. The van der Waals surface area contributed by atoms with Crippen LogP contribution in [0, 0.1) is 6.92 Å². The maximum absolute atomic E-state index is 4.31. The van der Waals surface area contributed by atoms with E-state index in [0.717, 1.165) is 27.5 Å². The van der Waals surface area contributed by atoms with Crippen molar-refractivity contribution in [1.29, 1.82) is 0 Å². The largest absolute Gasteiger partial charge is 0.345 e. The van der Waals surface area contributed by atoms with Gasteiger partial charge in [-0.25, -0.2) is 4.98 Å². The number of nitrogens with one attached hydrogen (secondary N) is 1. The van der Waals surface area contributed by atoms with Crippen molar-refractivity contribution in [1.82, 2.24) is 24.6 Å². The predicted molar refractivity (Wildman–Crippen MR) is 70.7 cm³/mol. The van der Waals surface area contributed by atoms with E-state index in [0.29, 0.717) is 0 Å². The maximum Gasteiger partial charge on any atom is 0.180 e. The molecule has 5 nitrogen and oxygen atoms in total. The Balaban J connectivity index is 2.14. The monoisotopic (exact) mass is 255 g/mol. The molecule has 0 spiro atoms. The molecule has 4 aromatic heterocycles. The van der Waals surface area contributed by atoms with Crippen molar-refractivity contribution in [2.75, 3.05) is 0 Å². The Morgan fingerprint density at radius 1 is 1.22 bits per heavy atom. The molecule has 0 aliphatic heterocycles. The maximum atomic E-state index is 4.31. The van der Waals surface area contributed by atoms with E-state index in [1.807, 2.05) is 16.7 Å². The predicted octanol–water partition coefficient (Wildman–Crippen LogP) is 2.64. The Labute approximate surface area is 106 Å². The van der Waals surface area contributed by atoms with Gasteiger partial charge in [0.05, 0.1) is 16.6 Å². The summed E-state index contributed by atoms with van der Waals surface area (Å²) < 4.78 is 2.03. The Bertz CT molecular complexity index is 854. The van der Waals surface area contributed by atoms with Crippen LogP contribution < -0.4 is 0 Å². The van der Waals surface area contributed by atoms with E-state index < -0.39 is 0 Å². The van der Waals surface area contributed by atoms with Gasteiger partial charge in [-0.2, -0.15) is 0 Å². The molecule has 0 atom stereocenters. The smallest absolute Gasteiger partial charge is 0.180 e. The molecule has 0 radical (unpaired) electrons. The summed E-state index contributed by atoms with van der Waals surface area (Å²) in [7, 11) is 0. The van der Waals surface area contributed by atoms with Gasteiger partial charge in [-0.1, -0.05) is 0 Å².